The van der Waals surface area contributed by atoms with Crippen LogP contribution in [0.4, 0.5) is 4.79 Å². The fourth-order valence-electron chi connectivity index (χ4n) is 3.11. The maximum atomic E-state index is 11.2. The maximum Gasteiger partial charge on any atom is 0.405 e. The molecule has 3 N–H and O–H groups in total. The molecule has 2 aromatic rings. The van der Waals surface area contributed by atoms with E-state index < -0.39 is 11.6 Å². The van der Waals surface area contributed by atoms with E-state index in [4.69, 9.17) is 5.11 Å². The molecule has 0 aliphatic heterocycles. The Bertz CT molecular complexity index is 615. The summed E-state index contributed by atoms with van der Waals surface area (Å²) in [5, 5.41) is 11.9. The summed E-state index contributed by atoms with van der Waals surface area (Å²) in [4.78, 5) is 18.9. The van der Waals surface area contributed by atoms with E-state index in [0.717, 1.165) is 49.2 Å². The minimum Gasteiger partial charge on any atom is -0.465 e. The number of amides is 1. The van der Waals surface area contributed by atoms with Gasteiger partial charge in [-0.15, -0.1) is 0 Å². The summed E-state index contributed by atoms with van der Waals surface area (Å²) in [7, 11) is 0. The lowest BCUT2D eigenvalue weighted by Gasteiger charge is -2.35. The fourth-order valence-corrected chi connectivity index (χ4v) is 3.11. The van der Waals surface area contributed by atoms with Crippen LogP contribution in [0.3, 0.4) is 0 Å². The Morgan fingerprint density at radius 1 is 1.19 bits per heavy atom. The topological polar surface area (TPSA) is 78.0 Å². The first-order valence-electron chi connectivity index (χ1n) is 7.32. The third kappa shape index (κ3) is 2.77. The van der Waals surface area contributed by atoms with Gasteiger partial charge >= 0.3 is 6.09 Å². The Balaban J connectivity index is 1.93. The van der Waals surface area contributed by atoms with E-state index in [0.29, 0.717) is 0 Å². The van der Waals surface area contributed by atoms with Gasteiger partial charge in [0.15, 0.2) is 0 Å². The molecule has 5 heteroatoms. The molecule has 0 unspecified atom stereocenters. The standard InChI is InChI=1S/C16H19N3O2/c20-15(21)19-16(9-5-2-6-10-16)14-17-11-13(18-14)12-7-3-1-4-8-12/h1,3-4,7-8,11,19H,2,5-6,9-10H2,(H,17,18)(H,20,21). The van der Waals surface area contributed by atoms with Gasteiger partial charge < -0.3 is 15.4 Å². The molecular weight excluding hydrogens is 266 g/mol. The van der Waals surface area contributed by atoms with Gasteiger partial charge in [-0.05, 0) is 18.4 Å². The van der Waals surface area contributed by atoms with Gasteiger partial charge in [-0.2, -0.15) is 0 Å². The van der Waals surface area contributed by atoms with Gasteiger partial charge in [0.2, 0.25) is 0 Å². The second kappa shape index (κ2) is 5.60. The second-order valence-corrected chi connectivity index (χ2v) is 5.58. The highest BCUT2D eigenvalue weighted by Gasteiger charge is 2.38. The van der Waals surface area contributed by atoms with Crippen LogP contribution in [0.2, 0.25) is 0 Å². The summed E-state index contributed by atoms with van der Waals surface area (Å²) >= 11 is 0. The van der Waals surface area contributed by atoms with Crippen LogP contribution in [0, 0.1) is 0 Å². The molecule has 0 bridgehead atoms. The van der Waals surface area contributed by atoms with Crippen molar-refractivity contribution in [2.45, 2.75) is 37.6 Å². The Morgan fingerprint density at radius 3 is 2.57 bits per heavy atom. The Labute approximate surface area is 123 Å². The number of imidazole rings is 1. The molecule has 0 spiro atoms. The number of nitrogens with one attached hydrogen (secondary N) is 2. The number of H-pyrrole nitrogens is 1. The van der Waals surface area contributed by atoms with Gasteiger partial charge in [0.05, 0.1) is 11.9 Å². The van der Waals surface area contributed by atoms with E-state index in [-0.39, 0.29) is 0 Å². The van der Waals surface area contributed by atoms with E-state index in [9.17, 15) is 4.79 Å². The molecule has 5 nitrogen and oxygen atoms in total. The molecule has 0 atom stereocenters. The average molecular weight is 285 g/mol. The summed E-state index contributed by atoms with van der Waals surface area (Å²) in [5.41, 5.74) is 1.40. The van der Waals surface area contributed by atoms with Crippen molar-refractivity contribution in [1.29, 1.82) is 0 Å². The van der Waals surface area contributed by atoms with Gasteiger partial charge in [-0.3, -0.25) is 0 Å². The molecular formula is C16H19N3O2. The number of benzene rings is 1. The minimum atomic E-state index is -0.991. The van der Waals surface area contributed by atoms with Gasteiger partial charge in [-0.1, -0.05) is 49.6 Å². The molecule has 1 heterocycles. The molecule has 1 amide bonds. The number of nitrogens with zero attached hydrogens (tertiary/aromatic N) is 1. The first-order valence-corrected chi connectivity index (χ1v) is 7.32. The molecule has 0 radical (unpaired) electrons. The molecule has 1 aliphatic rings. The molecule has 21 heavy (non-hydrogen) atoms. The zero-order valence-corrected chi connectivity index (χ0v) is 11.8. The zero-order chi connectivity index (χ0) is 14.7. The van der Waals surface area contributed by atoms with Crippen molar-refractivity contribution < 1.29 is 9.90 Å². The van der Waals surface area contributed by atoms with E-state index >= 15 is 0 Å². The van der Waals surface area contributed by atoms with Gasteiger partial charge in [0.1, 0.15) is 11.4 Å². The molecule has 1 saturated carbocycles. The van der Waals surface area contributed by atoms with Crippen LogP contribution in [0.5, 0.6) is 0 Å². The van der Waals surface area contributed by atoms with Crippen LogP contribution in [-0.2, 0) is 5.54 Å². The highest BCUT2D eigenvalue weighted by atomic mass is 16.4. The van der Waals surface area contributed by atoms with Gasteiger partial charge in [0.25, 0.3) is 0 Å². The monoisotopic (exact) mass is 285 g/mol. The van der Waals surface area contributed by atoms with Crippen LogP contribution < -0.4 is 5.32 Å². The second-order valence-electron chi connectivity index (χ2n) is 5.58. The lowest BCUT2D eigenvalue weighted by Crippen LogP contribution is -2.47. The van der Waals surface area contributed by atoms with Crippen LogP contribution in [0.15, 0.2) is 36.5 Å². The molecule has 1 aliphatic carbocycles. The number of aromatic nitrogens is 2. The zero-order valence-electron chi connectivity index (χ0n) is 11.8. The molecule has 110 valence electrons. The number of hydrogen-bond donors (Lipinski definition) is 3. The molecule has 0 saturated heterocycles. The lowest BCUT2D eigenvalue weighted by molar-refractivity contribution is 0.158. The molecule has 1 aromatic heterocycles. The van der Waals surface area contributed by atoms with Crippen LogP contribution >= 0.6 is 0 Å². The van der Waals surface area contributed by atoms with Crippen molar-refractivity contribution in [3.8, 4) is 11.3 Å². The van der Waals surface area contributed by atoms with E-state index in [2.05, 4.69) is 15.3 Å². The van der Waals surface area contributed by atoms with Crippen molar-refractivity contribution in [3.63, 3.8) is 0 Å². The Morgan fingerprint density at radius 2 is 1.90 bits per heavy atom. The van der Waals surface area contributed by atoms with Crippen molar-refractivity contribution in [3.05, 3.63) is 42.4 Å². The third-order valence-electron chi connectivity index (χ3n) is 4.17. The van der Waals surface area contributed by atoms with Crippen LogP contribution in [0.25, 0.3) is 11.3 Å². The van der Waals surface area contributed by atoms with E-state index in [1.165, 1.54) is 0 Å². The lowest BCUT2D eigenvalue weighted by atomic mass is 9.81. The Hall–Kier alpha value is -2.30. The largest absolute Gasteiger partial charge is 0.465 e. The quantitative estimate of drug-likeness (QED) is 0.807. The van der Waals surface area contributed by atoms with Crippen molar-refractivity contribution >= 4 is 6.09 Å². The minimum absolute atomic E-state index is 0.572. The number of hydrogen-bond acceptors (Lipinski definition) is 2. The van der Waals surface area contributed by atoms with E-state index in [1.54, 1.807) is 6.20 Å². The van der Waals surface area contributed by atoms with Gasteiger partial charge in [0, 0.05) is 0 Å². The SMILES string of the molecule is O=C(O)NC1(c2ncc(-c3ccccc3)[nH]2)CCCCC1. The number of rotatable bonds is 3. The van der Waals surface area contributed by atoms with Gasteiger partial charge in [-0.25, -0.2) is 9.78 Å². The summed E-state index contributed by atoms with van der Waals surface area (Å²) in [5.74, 6) is 0.725. The summed E-state index contributed by atoms with van der Waals surface area (Å²) in [6, 6.07) is 9.93. The smallest absolute Gasteiger partial charge is 0.405 e. The average Bonchev–Trinajstić information content (AvgIpc) is 2.99. The molecule has 3 rings (SSSR count). The van der Waals surface area contributed by atoms with Crippen molar-refractivity contribution in [2.75, 3.05) is 0 Å². The first kappa shape index (κ1) is 13.7. The molecule has 1 fully saturated rings. The predicted molar refractivity (Wildman–Crippen MR) is 79.9 cm³/mol. The summed E-state index contributed by atoms with van der Waals surface area (Å²) in [6.45, 7) is 0. The normalized spacial score (nSPS) is 17.3. The predicted octanol–water partition coefficient (Wildman–Crippen LogP) is 3.50. The van der Waals surface area contributed by atoms with Crippen molar-refractivity contribution in [1.82, 2.24) is 15.3 Å². The van der Waals surface area contributed by atoms with E-state index in [1.807, 2.05) is 30.3 Å². The summed E-state index contributed by atoms with van der Waals surface area (Å²) in [6.07, 6.45) is 5.56. The first-order chi connectivity index (χ1) is 10.2. The van der Waals surface area contributed by atoms with Crippen LogP contribution in [0.1, 0.15) is 37.9 Å². The Kier molecular flexibility index (Phi) is 3.64. The molecule has 1 aromatic carbocycles. The number of carbonyl (C=O) groups is 1. The third-order valence-corrected chi connectivity index (χ3v) is 4.17. The highest BCUT2D eigenvalue weighted by molar-refractivity contribution is 5.66. The highest BCUT2D eigenvalue weighted by Crippen LogP contribution is 2.36. The fraction of sp³-hybridized carbons (Fsp3) is 0.375. The summed E-state index contributed by atoms with van der Waals surface area (Å²) < 4.78 is 0. The maximum absolute atomic E-state index is 11.2. The number of carboxylic acid groups (broad SMARTS) is 1. The van der Waals surface area contributed by atoms with Crippen molar-refractivity contribution in [2.24, 2.45) is 0 Å². The van der Waals surface area contributed by atoms with Crippen LogP contribution in [-0.4, -0.2) is 21.2 Å². The number of aromatic amines is 1.